The maximum atomic E-state index is 6.03. The average Bonchev–Trinajstić information content (AvgIpc) is 2.56. The van der Waals surface area contributed by atoms with Crippen molar-refractivity contribution in [2.45, 2.75) is 13.0 Å². The van der Waals surface area contributed by atoms with E-state index in [2.05, 4.69) is 18.2 Å². The third kappa shape index (κ3) is 3.24. The molecule has 2 N–H and O–H groups in total. The third-order valence-corrected chi connectivity index (χ3v) is 3.95. The van der Waals surface area contributed by atoms with Crippen LogP contribution in [0.25, 0.3) is 10.8 Å². The number of hydrogen-bond donors (Lipinski definition) is 1. The van der Waals surface area contributed by atoms with Crippen molar-refractivity contribution in [2.75, 3.05) is 6.54 Å². The van der Waals surface area contributed by atoms with Gasteiger partial charge in [0.25, 0.3) is 0 Å². The van der Waals surface area contributed by atoms with Crippen molar-refractivity contribution in [3.8, 4) is 5.75 Å². The van der Waals surface area contributed by atoms with Gasteiger partial charge in [0, 0.05) is 10.6 Å². The van der Waals surface area contributed by atoms with Crippen molar-refractivity contribution < 1.29 is 4.74 Å². The number of benzene rings is 3. The van der Waals surface area contributed by atoms with Gasteiger partial charge in [-0.2, -0.15) is 0 Å². The molecule has 0 heterocycles. The number of ether oxygens (including phenoxy) is 1. The molecule has 3 rings (SSSR count). The van der Waals surface area contributed by atoms with Gasteiger partial charge in [0.2, 0.25) is 0 Å². The predicted molar refractivity (Wildman–Crippen MR) is 92.5 cm³/mol. The van der Waals surface area contributed by atoms with Gasteiger partial charge in [0.1, 0.15) is 12.4 Å². The van der Waals surface area contributed by atoms with E-state index in [-0.39, 0.29) is 0 Å². The molecule has 3 heteroatoms. The summed E-state index contributed by atoms with van der Waals surface area (Å²) in [5.74, 6) is 0.902. The van der Waals surface area contributed by atoms with Crippen molar-refractivity contribution in [2.24, 2.45) is 5.73 Å². The van der Waals surface area contributed by atoms with Gasteiger partial charge in [-0.3, -0.25) is 0 Å². The van der Waals surface area contributed by atoms with Gasteiger partial charge in [-0.25, -0.2) is 0 Å². The number of fused-ring (bicyclic) bond motifs is 1. The summed E-state index contributed by atoms with van der Waals surface area (Å²) < 4.78 is 6.03. The van der Waals surface area contributed by atoms with Crippen molar-refractivity contribution in [1.82, 2.24) is 0 Å². The summed E-state index contributed by atoms with van der Waals surface area (Å²) in [6.07, 6.45) is 0.803. The highest BCUT2D eigenvalue weighted by Gasteiger charge is 2.08. The van der Waals surface area contributed by atoms with Gasteiger partial charge >= 0.3 is 0 Å². The molecule has 3 aromatic rings. The molecule has 0 fully saturated rings. The lowest BCUT2D eigenvalue weighted by Crippen LogP contribution is -2.06. The van der Waals surface area contributed by atoms with Gasteiger partial charge in [-0.05, 0) is 47.5 Å². The Balaban J connectivity index is 1.89. The standard InChI is InChI=1S/C19H18ClNO/c20-16-8-5-14(6-9-16)13-22-19-10-7-15-3-1-2-4-17(15)18(19)11-12-21/h1-10H,11-13,21H2. The minimum atomic E-state index is 0.521. The molecule has 2 nitrogen and oxygen atoms in total. The smallest absolute Gasteiger partial charge is 0.123 e. The lowest BCUT2D eigenvalue weighted by molar-refractivity contribution is 0.303. The van der Waals surface area contributed by atoms with Crippen LogP contribution in [0.15, 0.2) is 60.7 Å². The fourth-order valence-corrected chi connectivity index (χ4v) is 2.72. The van der Waals surface area contributed by atoms with E-state index in [9.17, 15) is 0 Å². The van der Waals surface area contributed by atoms with Crippen LogP contribution in [-0.2, 0) is 13.0 Å². The minimum Gasteiger partial charge on any atom is -0.489 e. The van der Waals surface area contributed by atoms with E-state index in [0.717, 1.165) is 22.8 Å². The number of halogens is 1. The van der Waals surface area contributed by atoms with Crippen LogP contribution in [-0.4, -0.2) is 6.54 Å². The summed E-state index contributed by atoms with van der Waals surface area (Å²) in [7, 11) is 0. The van der Waals surface area contributed by atoms with E-state index in [1.807, 2.05) is 42.5 Å². The molecular formula is C19H18ClNO. The van der Waals surface area contributed by atoms with Crippen LogP contribution < -0.4 is 10.5 Å². The van der Waals surface area contributed by atoms with Gasteiger partial charge in [0.05, 0.1) is 0 Å². The molecule has 112 valence electrons. The Morgan fingerprint density at radius 1 is 0.909 bits per heavy atom. The number of hydrogen-bond acceptors (Lipinski definition) is 2. The minimum absolute atomic E-state index is 0.521. The fraction of sp³-hybridized carbons (Fsp3) is 0.158. The summed E-state index contributed by atoms with van der Waals surface area (Å²) >= 11 is 5.91. The van der Waals surface area contributed by atoms with Crippen molar-refractivity contribution >= 4 is 22.4 Å². The molecule has 0 unspecified atom stereocenters. The zero-order chi connectivity index (χ0) is 15.4. The normalized spacial score (nSPS) is 10.8. The molecule has 22 heavy (non-hydrogen) atoms. The number of nitrogens with two attached hydrogens (primary N) is 1. The van der Waals surface area contributed by atoms with Crippen LogP contribution >= 0.6 is 11.6 Å². The largest absolute Gasteiger partial charge is 0.489 e. The molecule has 0 saturated carbocycles. The van der Waals surface area contributed by atoms with E-state index in [4.69, 9.17) is 22.1 Å². The van der Waals surface area contributed by atoms with Crippen LogP contribution in [0.1, 0.15) is 11.1 Å². The highest BCUT2D eigenvalue weighted by atomic mass is 35.5. The predicted octanol–water partition coefficient (Wildman–Crippen LogP) is 4.57. The van der Waals surface area contributed by atoms with Gasteiger partial charge in [0.15, 0.2) is 0 Å². The monoisotopic (exact) mass is 311 g/mol. The summed E-state index contributed by atoms with van der Waals surface area (Å²) in [6.45, 7) is 1.12. The van der Waals surface area contributed by atoms with E-state index in [0.29, 0.717) is 13.2 Å². The maximum Gasteiger partial charge on any atom is 0.123 e. The van der Waals surface area contributed by atoms with Crippen molar-refractivity contribution in [3.63, 3.8) is 0 Å². The molecule has 0 aromatic heterocycles. The Hall–Kier alpha value is -2.03. The van der Waals surface area contributed by atoms with Crippen LogP contribution in [0.2, 0.25) is 5.02 Å². The second kappa shape index (κ2) is 6.82. The quantitative estimate of drug-likeness (QED) is 0.749. The molecule has 0 saturated heterocycles. The first-order chi connectivity index (χ1) is 10.8. The van der Waals surface area contributed by atoms with E-state index in [1.165, 1.54) is 16.3 Å². The second-order valence-electron chi connectivity index (χ2n) is 5.22. The van der Waals surface area contributed by atoms with E-state index < -0.39 is 0 Å². The summed E-state index contributed by atoms with van der Waals surface area (Å²) in [5, 5.41) is 3.16. The topological polar surface area (TPSA) is 35.2 Å². The highest BCUT2D eigenvalue weighted by molar-refractivity contribution is 6.30. The Kier molecular flexibility index (Phi) is 4.62. The zero-order valence-corrected chi connectivity index (χ0v) is 13.0. The molecule has 0 aliphatic rings. The third-order valence-electron chi connectivity index (χ3n) is 3.70. The molecule has 0 atom stereocenters. The van der Waals surface area contributed by atoms with Gasteiger partial charge in [-0.15, -0.1) is 0 Å². The lowest BCUT2D eigenvalue weighted by atomic mass is 10.0. The first kappa shape index (κ1) is 14.9. The molecule has 0 aliphatic carbocycles. The first-order valence-corrected chi connectivity index (χ1v) is 7.73. The molecule has 0 spiro atoms. The Morgan fingerprint density at radius 3 is 2.45 bits per heavy atom. The lowest BCUT2D eigenvalue weighted by Gasteiger charge is -2.14. The first-order valence-electron chi connectivity index (χ1n) is 7.36. The van der Waals surface area contributed by atoms with Gasteiger partial charge in [-0.1, -0.05) is 54.1 Å². The Bertz CT molecular complexity index is 768. The molecule has 3 aromatic carbocycles. The van der Waals surface area contributed by atoms with Crippen molar-refractivity contribution in [3.05, 3.63) is 76.8 Å². The fourth-order valence-electron chi connectivity index (χ4n) is 2.60. The zero-order valence-electron chi connectivity index (χ0n) is 12.3. The van der Waals surface area contributed by atoms with Crippen LogP contribution in [0.3, 0.4) is 0 Å². The van der Waals surface area contributed by atoms with Gasteiger partial charge < -0.3 is 10.5 Å². The summed E-state index contributed by atoms with van der Waals surface area (Å²) in [5.41, 5.74) is 8.04. The summed E-state index contributed by atoms with van der Waals surface area (Å²) in [6, 6.07) is 20.2. The van der Waals surface area contributed by atoms with E-state index in [1.54, 1.807) is 0 Å². The second-order valence-corrected chi connectivity index (χ2v) is 5.65. The number of rotatable bonds is 5. The van der Waals surface area contributed by atoms with Crippen molar-refractivity contribution in [1.29, 1.82) is 0 Å². The molecule has 0 amide bonds. The molecular weight excluding hydrogens is 294 g/mol. The van der Waals surface area contributed by atoms with E-state index >= 15 is 0 Å². The van der Waals surface area contributed by atoms with Crippen LogP contribution in [0.5, 0.6) is 5.75 Å². The Labute approximate surface area is 135 Å². The van der Waals surface area contributed by atoms with Crippen LogP contribution in [0, 0.1) is 0 Å². The summed E-state index contributed by atoms with van der Waals surface area (Å²) in [4.78, 5) is 0. The SMILES string of the molecule is NCCc1c(OCc2ccc(Cl)cc2)ccc2ccccc12. The average molecular weight is 312 g/mol. The highest BCUT2D eigenvalue weighted by Crippen LogP contribution is 2.29. The Morgan fingerprint density at radius 2 is 1.68 bits per heavy atom. The molecule has 0 radical (unpaired) electrons. The molecule has 0 aliphatic heterocycles. The maximum absolute atomic E-state index is 6.03. The van der Waals surface area contributed by atoms with Crippen LogP contribution in [0.4, 0.5) is 0 Å². The molecule has 0 bridgehead atoms.